The summed E-state index contributed by atoms with van der Waals surface area (Å²) >= 11 is 1.44. The van der Waals surface area contributed by atoms with Crippen LogP contribution in [0, 0.1) is 15.9 Å². The van der Waals surface area contributed by atoms with Crippen molar-refractivity contribution in [2.45, 2.75) is 19.9 Å². The van der Waals surface area contributed by atoms with Crippen molar-refractivity contribution in [1.29, 1.82) is 0 Å². The normalized spacial score (nSPS) is 11.0. The van der Waals surface area contributed by atoms with Crippen molar-refractivity contribution in [3.8, 4) is 22.1 Å². The molecule has 9 heteroatoms. The Morgan fingerprint density at radius 1 is 1.16 bits per heavy atom. The van der Waals surface area contributed by atoms with E-state index in [2.05, 4.69) is 22.2 Å². The van der Waals surface area contributed by atoms with Crippen LogP contribution >= 0.6 is 11.3 Å². The molecule has 0 aliphatic carbocycles. The summed E-state index contributed by atoms with van der Waals surface area (Å²) in [6.45, 7) is 3.85. The molecule has 4 aromatic rings. The number of rotatable bonds is 8. The SMILES string of the molecule is CCCNCc1ccc(-c2cc3nccc(Oc4ccc([N+](=O)[O-])cc4F)c3s2)nc1. The van der Waals surface area contributed by atoms with Crippen LogP contribution in [0.4, 0.5) is 10.1 Å². The number of nitrogens with one attached hydrogen (secondary N) is 1. The van der Waals surface area contributed by atoms with E-state index < -0.39 is 10.7 Å². The molecule has 0 atom stereocenters. The van der Waals surface area contributed by atoms with Crippen molar-refractivity contribution in [3.63, 3.8) is 0 Å². The van der Waals surface area contributed by atoms with E-state index in [1.54, 1.807) is 12.3 Å². The lowest BCUT2D eigenvalue weighted by Gasteiger charge is -2.07. The van der Waals surface area contributed by atoms with Crippen LogP contribution in [0.5, 0.6) is 11.5 Å². The summed E-state index contributed by atoms with van der Waals surface area (Å²) in [4.78, 5) is 20.0. The van der Waals surface area contributed by atoms with Gasteiger partial charge in [-0.3, -0.25) is 20.1 Å². The molecule has 3 aromatic heterocycles. The molecule has 0 radical (unpaired) electrons. The third kappa shape index (κ3) is 4.68. The molecule has 1 N–H and O–H groups in total. The molecule has 0 aliphatic rings. The van der Waals surface area contributed by atoms with Gasteiger partial charge in [0.1, 0.15) is 5.75 Å². The Bertz CT molecular complexity index is 1230. The molecule has 1 aromatic carbocycles. The molecule has 0 unspecified atom stereocenters. The second-order valence-electron chi connectivity index (χ2n) is 6.84. The number of fused-ring (bicyclic) bond motifs is 1. The number of benzene rings is 1. The van der Waals surface area contributed by atoms with Gasteiger partial charge in [-0.25, -0.2) is 4.39 Å². The van der Waals surface area contributed by atoms with Gasteiger partial charge in [0, 0.05) is 31.1 Å². The number of non-ortho nitro benzene ring substituents is 1. The first-order chi connectivity index (χ1) is 15.0. The number of hydrogen-bond acceptors (Lipinski definition) is 7. The minimum Gasteiger partial charge on any atom is -0.453 e. The molecule has 4 rings (SSSR count). The predicted molar refractivity (Wildman–Crippen MR) is 118 cm³/mol. The Labute approximate surface area is 181 Å². The summed E-state index contributed by atoms with van der Waals surface area (Å²) in [6, 6.07) is 10.8. The highest BCUT2D eigenvalue weighted by Crippen LogP contribution is 2.39. The Hall–Kier alpha value is -3.43. The van der Waals surface area contributed by atoms with E-state index in [-0.39, 0.29) is 11.4 Å². The second kappa shape index (κ2) is 9.15. The van der Waals surface area contributed by atoms with Gasteiger partial charge in [0.15, 0.2) is 11.6 Å². The standard InChI is InChI=1S/C22H19FN4O3S/c1-2-8-24-12-14-3-5-17(26-13-14)21-11-18-22(31-21)20(7-9-25-18)30-19-6-4-15(27(28)29)10-16(19)23/h3-7,9-11,13,24H,2,8,12H2,1H3. The van der Waals surface area contributed by atoms with E-state index in [1.165, 1.54) is 23.5 Å². The van der Waals surface area contributed by atoms with E-state index in [1.807, 2.05) is 24.4 Å². The predicted octanol–water partition coefficient (Wildman–Crippen LogP) is 5.70. The Morgan fingerprint density at radius 3 is 2.74 bits per heavy atom. The van der Waals surface area contributed by atoms with Crippen LogP contribution in [0.2, 0.25) is 0 Å². The zero-order valence-electron chi connectivity index (χ0n) is 16.7. The fourth-order valence-corrected chi connectivity index (χ4v) is 4.05. The third-order valence-corrected chi connectivity index (χ3v) is 5.72. The molecule has 0 spiro atoms. The summed E-state index contributed by atoms with van der Waals surface area (Å²) in [5, 5.41) is 14.1. The van der Waals surface area contributed by atoms with Crippen LogP contribution in [0.15, 0.2) is 54.9 Å². The van der Waals surface area contributed by atoms with Gasteiger partial charge in [-0.2, -0.15) is 0 Å². The minimum absolute atomic E-state index is 0.0879. The summed E-state index contributed by atoms with van der Waals surface area (Å²) in [5.74, 6) is -0.464. The minimum atomic E-state index is -0.801. The fourth-order valence-electron chi connectivity index (χ4n) is 3.01. The summed E-state index contributed by atoms with van der Waals surface area (Å²) in [5.41, 5.74) is 2.29. The van der Waals surface area contributed by atoms with E-state index in [9.17, 15) is 14.5 Å². The van der Waals surface area contributed by atoms with Crippen LogP contribution in [-0.2, 0) is 6.54 Å². The smallest absolute Gasteiger partial charge is 0.272 e. The maximum atomic E-state index is 14.3. The van der Waals surface area contributed by atoms with Crippen molar-refractivity contribution in [1.82, 2.24) is 15.3 Å². The number of ether oxygens (including phenoxy) is 1. The molecular formula is C22H19FN4O3S. The number of hydrogen-bond donors (Lipinski definition) is 1. The molecule has 0 saturated heterocycles. The van der Waals surface area contributed by atoms with Crippen LogP contribution in [0.3, 0.4) is 0 Å². The van der Waals surface area contributed by atoms with Gasteiger partial charge in [0.25, 0.3) is 5.69 Å². The van der Waals surface area contributed by atoms with Crippen molar-refractivity contribution in [3.05, 3.63) is 76.4 Å². The third-order valence-electron chi connectivity index (χ3n) is 4.56. The lowest BCUT2D eigenvalue weighted by Crippen LogP contribution is -2.13. The number of nitrogens with zero attached hydrogens (tertiary/aromatic N) is 3. The Kier molecular flexibility index (Phi) is 6.15. The maximum Gasteiger partial charge on any atom is 0.272 e. The highest BCUT2D eigenvalue weighted by molar-refractivity contribution is 7.22. The highest BCUT2D eigenvalue weighted by Gasteiger charge is 2.15. The molecule has 0 saturated carbocycles. The van der Waals surface area contributed by atoms with E-state index in [0.29, 0.717) is 11.3 Å². The van der Waals surface area contributed by atoms with Gasteiger partial charge >= 0.3 is 0 Å². The van der Waals surface area contributed by atoms with Crippen molar-refractivity contribution < 1.29 is 14.1 Å². The number of pyridine rings is 2. The van der Waals surface area contributed by atoms with Crippen LogP contribution in [0.1, 0.15) is 18.9 Å². The molecule has 3 heterocycles. The molecule has 0 aliphatic heterocycles. The van der Waals surface area contributed by atoms with Crippen molar-refractivity contribution >= 4 is 27.2 Å². The Morgan fingerprint density at radius 2 is 2.03 bits per heavy atom. The van der Waals surface area contributed by atoms with Crippen molar-refractivity contribution in [2.75, 3.05) is 6.54 Å². The van der Waals surface area contributed by atoms with Gasteiger partial charge in [0.2, 0.25) is 0 Å². The molecule has 0 amide bonds. The number of halogens is 1. The number of nitro benzene ring substituents is 1. The van der Waals surface area contributed by atoms with Gasteiger partial charge in [-0.15, -0.1) is 11.3 Å². The summed E-state index contributed by atoms with van der Waals surface area (Å²) in [6.07, 6.45) is 4.50. The first kappa shape index (κ1) is 20.8. The van der Waals surface area contributed by atoms with E-state index >= 15 is 0 Å². The number of thiophene rings is 1. The lowest BCUT2D eigenvalue weighted by molar-refractivity contribution is -0.385. The van der Waals surface area contributed by atoms with E-state index in [0.717, 1.165) is 46.4 Å². The zero-order chi connectivity index (χ0) is 21.8. The summed E-state index contributed by atoms with van der Waals surface area (Å²) < 4.78 is 20.7. The average molecular weight is 438 g/mol. The monoisotopic (exact) mass is 438 g/mol. The van der Waals surface area contributed by atoms with Crippen LogP contribution in [-0.4, -0.2) is 21.4 Å². The lowest BCUT2D eigenvalue weighted by atomic mass is 10.2. The first-order valence-electron chi connectivity index (χ1n) is 9.71. The molecule has 0 bridgehead atoms. The Balaban J connectivity index is 1.59. The number of aromatic nitrogens is 2. The van der Waals surface area contributed by atoms with Crippen LogP contribution in [0.25, 0.3) is 20.8 Å². The largest absolute Gasteiger partial charge is 0.453 e. The first-order valence-corrected chi connectivity index (χ1v) is 10.5. The molecule has 31 heavy (non-hydrogen) atoms. The quantitative estimate of drug-likeness (QED) is 0.216. The number of nitro groups is 1. The molecule has 0 fully saturated rings. The maximum absolute atomic E-state index is 14.3. The molecule has 7 nitrogen and oxygen atoms in total. The van der Waals surface area contributed by atoms with Crippen LogP contribution < -0.4 is 10.1 Å². The highest BCUT2D eigenvalue weighted by atomic mass is 32.1. The van der Waals surface area contributed by atoms with Gasteiger partial charge in [0.05, 0.1) is 31.8 Å². The molecule has 158 valence electrons. The fraction of sp³-hybridized carbons (Fsp3) is 0.182. The topological polar surface area (TPSA) is 90.2 Å². The summed E-state index contributed by atoms with van der Waals surface area (Å²) in [7, 11) is 0. The van der Waals surface area contributed by atoms with Gasteiger partial charge in [-0.05, 0) is 36.7 Å². The van der Waals surface area contributed by atoms with Crippen molar-refractivity contribution in [2.24, 2.45) is 0 Å². The van der Waals surface area contributed by atoms with Gasteiger partial charge < -0.3 is 10.1 Å². The zero-order valence-corrected chi connectivity index (χ0v) is 17.5. The molecular weight excluding hydrogens is 419 g/mol. The van der Waals surface area contributed by atoms with Gasteiger partial charge in [-0.1, -0.05) is 13.0 Å². The second-order valence-corrected chi connectivity index (χ2v) is 7.89. The van der Waals surface area contributed by atoms with E-state index in [4.69, 9.17) is 4.74 Å². The average Bonchev–Trinajstić information content (AvgIpc) is 3.21.